The Balaban J connectivity index is 2.03. The molecular weight excluding hydrogens is 302 g/mol. The highest BCUT2D eigenvalue weighted by molar-refractivity contribution is 7.89. The van der Waals surface area contributed by atoms with Crippen molar-refractivity contribution < 1.29 is 13.2 Å². The van der Waals surface area contributed by atoms with Crippen LogP contribution in [0.15, 0.2) is 17.3 Å². The van der Waals surface area contributed by atoms with Gasteiger partial charge in [-0.05, 0) is 19.3 Å². The van der Waals surface area contributed by atoms with Crippen molar-refractivity contribution in [3.8, 4) is 0 Å². The van der Waals surface area contributed by atoms with E-state index in [9.17, 15) is 8.42 Å². The van der Waals surface area contributed by atoms with Gasteiger partial charge in [-0.25, -0.2) is 8.42 Å². The maximum atomic E-state index is 12.4. The van der Waals surface area contributed by atoms with Gasteiger partial charge in [0.05, 0.1) is 18.8 Å². The molecule has 1 saturated heterocycles. The summed E-state index contributed by atoms with van der Waals surface area (Å²) in [6.07, 6.45) is 5.91. The van der Waals surface area contributed by atoms with Crippen LogP contribution >= 0.6 is 11.6 Å². The first-order valence-electron chi connectivity index (χ1n) is 6.70. The monoisotopic (exact) mass is 321 g/mol. The van der Waals surface area contributed by atoms with Crippen molar-refractivity contribution in [2.45, 2.75) is 36.8 Å². The smallest absolute Gasteiger partial charge is 0.246 e. The van der Waals surface area contributed by atoms with Gasteiger partial charge in [0.2, 0.25) is 10.0 Å². The number of nitrogens with zero attached hydrogens (tertiary/aromatic N) is 3. The number of aryl methyl sites for hydroxylation is 1. The second-order valence-corrected chi connectivity index (χ2v) is 7.33. The van der Waals surface area contributed by atoms with Gasteiger partial charge in [0.15, 0.2) is 0 Å². The van der Waals surface area contributed by atoms with Crippen LogP contribution in [0.5, 0.6) is 0 Å². The third-order valence-corrected chi connectivity index (χ3v) is 5.31. The number of alkyl halides is 1. The number of sulfonamides is 1. The van der Waals surface area contributed by atoms with E-state index in [1.165, 1.54) is 21.4 Å². The molecule has 1 atom stereocenters. The van der Waals surface area contributed by atoms with Crippen LogP contribution in [0.4, 0.5) is 0 Å². The molecule has 1 aromatic heterocycles. The summed E-state index contributed by atoms with van der Waals surface area (Å²) in [6, 6.07) is 0. The minimum Gasteiger partial charge on any atom is -0.377 e. The Hall–Kier alpha value is -0.630. The van der Waals surface area contributed by atoms with E-state index in [1.54, 1.807) is 7.05 Å². The van der Waals surface area contributed by atoms with E-state index in [0.717, 1.165) is 19.3 Å². The molecular formula is C12H20ClN3O3S. The van der Waals surface area contributed by atoms with Crippen LogP contribution in [0, 0.1) is 0 Å². The predicted octanol–water partition coefficient (Wildman–Crippen LogP) is 1.31. The van der Waals surface area contributed by atoms with Crippen LogP contribution in [0.2, 0.25) is 0 Å². The first-order valence-corrected chi connectivity index (χ1v) is 8.68. The number of halogens is 1. The van der Waals surface area contributed by atoms with Gasteiger partial charge in [-0.3, -0.25) is 4.68 Å². The fraction of sp³-hybridized carbons (Fsp3) is 0.750. The van der Waals surface area contributed by atoms with E-state index >= 15 is 0 Å². The molecule has 0 spiro atoms. The van der Waals surface area contributed by atoms with Gasteiger partial charge in [0.1, 0.15) is 4.90 Å². The molecule has 0 aromatic carbocycles. The van der Waals surface area contributed by atoms with E-state index in [-0.39, 0.29) is 11.0 Å². The van der Waals surface area contributed by atoms with Crippen molar-refractivity contribution in [1.82, 2.24) is 14.1 Å². The SMILES string of the molecule is CN(CC1CCCCO1)S(=O)(=O)c1cnn(CCCl)c1. The Morgan fingerprint density at radius 2 is 2.35 bits per heavy atom. The summed E-state index contributed by atoms with van der Waals surface area (Å²) in [5, 5.41) is 4.00. The number of aromatic nitrogens is 2. The van der Waals surface area contributed by atoms with Crippen molar-refractivity contribution in [2.24, 2.45) is 0 Å². The van der Waals surface area contributed by atoms with Crippen LogP contribution < -0.4 is 0 Å². The molecule has 0 amide bonds. The number of hydrogen-bond donors (Lipinski definition) is 0. The molecule has 2 rings (SSSR count). The molecule has 8 heteroatoms. The molecule has 0 saturated carbocycles. The first kappa shape index (κ1) is 15.8. The second kappa shape index (κ2) is 6.89. The average molecular weight is 322 g/mol. The van der Waals surface area contributed by atoms with Gasteiger partial charge in [0, 0.05) is 32.3 Å². The zero-order valence-corrected chi connectivity index (χ0v) is 13.1. The van der Waals surface area contributed by atoms with Crippen molar-refractivity contribution >= 4 is 21.6 Å². The Kier molecular flexibility index (Phi) is 5.42. The normalized spacial score (nSPS) is 20.4. The Bertz CT molecular complexity index is 526. The number of likely N-dealkylation sites (N-methyl/N-ethyl adjacent to an activating group) is 1. The summed E-state index contributed by atoms with van der Waals surface area (Å²) in [5.41, 5.74) is 0. The maximum absolute atomic E-state index is 12.4. The molecule has 1 aliphatic heterocycles. The van der Waals surface area contributed by atoms with Crippen LogP contribution in [-0.2, 0) is 21.3 Å². The third-order valence-electron chi connectivity index (χ3n) is 3.37. The third kappa shape index (κ3) is 3.72. The van der Waals surface area contributed by atoms with Gasteiger partial charge < -0.3 is 4.74 Å². The van der Waals surface area contributed by atoms with E-state index in [1.807, 2.05) is 0 Å². The van der Waals surface area contributed by atoms with E-state index in [0.29, 0.717) is 25.6 Å². The summed E-state index contributed by atoms with van der Waals surface area (Å²) in [4.78, 5) is 0.195. The van der Waals surface area contributed by atoms with Gasteiger partial charge in [-0.1, -0.05) is 0 Å². The molecule has 6 nitrogen and oxygen atoms in total. The number of ether oxygens (including phenoxy) is 1. The number of hydrogen-bond acceptors (Lipinski definition) is 4. The standard InChI is InChI=1S/C12H20ClN3O3S/c1-15(9-11-4-2-3-7-19-11)20(17,18)12-8-14-16(10-12)6-5-13/h8,10-11H,2-7,9H2,1H3. The molecule has 20 heavy (non-hydrogen) atoms. The van der Waals surface area contributed by atoms with E-state index in [2.05, 4.69) is 5.10 Å². The second-order valence-electron chi connectivity index (χ2n) is 4.90. The summed E-state index contributed by atoms with van der Waals surface area (Å²) in [5.74, 6) is 0.396. The van der Waals surface area contributed by atoms with Gasteiger partial charge in [-0.2, -0.15) is 9.40 Å². The molecule has 114 valence electrons. The first-order chi connectivity index (χ1) is 9.54. The van der Waals surface area contributed by atoms with Crippen molar-refractivity contribution in [3.05, 3.63) is 12.4 Å². The fourth-order valence-electron chi connectivity index (χ4n) is 2.20. The highest BCUT2D eigenvalue weighted by Crippen LogP contribution is 2.18. The summed E-state index contributed by atoms with van der Waals surface area (Å²) in [7, 11) is -1.93. The maximum Gasteiger partial charge on any atom is 0.246 e. The summed E-state index contributed by atoms with van der Waals surface area (Å²) >= 11 is 5.61. The van der Waals surface area contributed by atoms with Crippen LogP contribution in [0.1, 0.15) is 19.3 Å². The quantitative estimate of drug-likeness (QED) is 0.741. The molecule has 1 fully saturated rings. The molecule has 1 aliphatic rings. The highest BCUT2D eigenvalue weighted by Gasteiger charge is 2.26. The predicted molar refractivity (Wildman–Crippen MR) is 76.4 cm³/mol. The topological polar surface area (TPSA) is 64.4 Å². The van der Waals surface area contributed by atoms with Crippen LogP contribution in [-0.4, -0.2) is 54.7 Å². The minimum atomic E-state index is -3.51. The van der Waals surface area contributed by atoms with Crippen molar-refractivity contribution in [3.63, 3.8) is 0 Å². The Morgan fingerprint density at radius 1 is 1.55 bits per heavy atom. The Labute approximate surface area is 124 Å². The van der Waals surface area contributed by atoms with Crippen molar-refractivity contribution in [2.75, 3.05) is 26.1 Å². The largest absolute Gasteiger partial charge is 0.377 e. The van der Waals surface area contributed by atoms with Crippen LogP contribution in [0.3, 0.4) is 0 Å². The summed E-state index contributed by atoms with van der Waals surface area (Å²) in [6.45, 7) is 1.59. The van der Waals surface area contributed by atoms with Crippen LogP contribution in [0.25, 0.3) is 0 Å². The zero-order chi connectivity index (χ0) is 14.6. The van der Waals surface area contributed by atoms with Gasteiger partial charge in [-0.15, -0.1) is 11.6 Å². The molecule has 1 unspecified atom stereocenters. The lowest BCUT2D eigenvalue weighted by atomic mass is 10.1. The average Bonchev–Trinajstić information content (AvgIpc) is 2.89. The molecule has 1 aromatic rings. The molecule has 0 aliphatic carbocycles. The highest BCUT2D eigenvalue weighted by atomic mass is 35.5. The Morgan fingerprint density at radius 3 is 3.00 bits per heavy atom. The lowest BCUT2D eigenvalue weighted by Crippen LogP contribution is -2.37. The van der Waals surface area contributed by atoms with Crippen molar-refractivity contribution in [1.29, 1.82) is 0 Å². The molecule has 0 radical (unpaired) electrons. The van der Waals surface area contributed by atoms with Gasteiger partial charge in [0.25, 0.3) is 0 Å². The van der Waals surface area contributed by atoms with E-state index in [4.69, 9.17) is 16.3 Å². The zero-order valence-electron chi connectivity index (χ0n) is 11.5. The van der Waals surface area contributed by atoms with E-state index < -0.39 is 10.0 Å². The van der Waals surface area contributed by atoms with Gasteiger partial charge >= 0.3 is 0 Å². The lowest BCUT2D eigenvalue weighted by molar-refractivity contribution is 0.00858. The summed E-state index contributed by atoms with van der Waals surface area (Å²) < 4.78 is 33.3. The molecule has 2 heterocycles. The minimum absolute atomic E-state index is 0.0126. The number of rotatable bonds is 6. The fourth-order valence-corrected chi connectivity index (χ4v) is 3.53. The molecule has 0 N–H and O–H groups in total. The molecule has 0 bridgehead atoms. The lowest BCUT2D eigenvalue weighted by Gasteiger charge is -2.26.